The number of rotatable bonds is 4. The molecule has 7 heteroatoms. The summed E-state index contributed by atoms with van der Waals surface area (Å²) in [6.45, 7) is 0.322. The molecular weight excluding hydrogens is 284 g/mol. The topological polar surface area (TPSA) is 104 Å². The second kappa shape index (κ2) is 5.40. The Morgan fingerprint density at radius 1 is 1.35 bits per heavy atom. The quantitative estimate of drug-likeness (QED) is 0.759. The molecule has 108 valence electrons. The molecule has 0 unspecified atom stereocenters. The standard InChI is InChI=1S/C13H15ClN2O4/c14-9-3-1-8(2-4-9)6-16-7-13(15,12(19)20)5-10(16)11(17)18/h1-4,10H,5-7,15H2,(H,17,18)(H,19,20)/t10-,13-/m1/s1. The summed E-state index contributed by atoms with van der Waals surface area (Å²) in [5, 5.41) is 18.9. The molecule has 0 saturated carbocycles. The van der Waals surface area contributed by atoms with Gasteiger partial charge < -0.3 is 15.9 Å². The number of likely N-dealkylation sites (tertiary alicyclic amines) is 1. The highest BCUT2D eigenvalue weighted by Gasteiger charge is 2.49. The summed E-state index contributed by atoms with van der Waals surface area (Å²) in [4.78, 5) is 24.0. The molecule has 1 heterocycles. The number of carboxylic acids is 2. The van der Waals surface area contributed by atoms with E-state index in [2.05, 4.69) is 0 Å². The number of carbonyl (C=O) groups is 2. The van der Waals surface area contributed by atoms with Crippen LogP contribution < -0.4 is 5.73 Å². The lowest BCUT2D eigenvalue weighted by Gasteiger charge is -2.21. The number of halogens is 1. The molecule has 0 bridgehead atoms. The lowest BCUT2D eigenvalue weighted by atomic mass is 9.98. The van der Waals surface area contributed by atoms with Crippen molar-refractivity contribution in [3.8, 4) is 0 Å². The average Bonchev–Trinajstić information content (AvgIpc) is 2.71. The summed E-state index contributed by atoms with van der Waals surface area (Å²) in [5.41, 5.74) is 5.11. The molecule has 0 aliphatic carbocycles. The zero-order chi connectivity index (χ0) is 14.9. The Bertz CT molecular complexity index is 534. The van der Waals surface area contributed by atoms with Crippen LogP contribution >= 0.6 is 11.6 Å². The van der Waals surface area contributed by atoms with E-state index >= 15 is 0 Å². The highest BCUT2D eigenvalue weighted by Crippen LogP contribution is 2.27. The molecule has 0 aromatic heterocycles. The van der Waals surface area contributed by atoms with Crippen LogP contribution in [0.25, 0.3) is 0 Å². The maximum atomic E-state index is 11.3. The number of hydrogen-bond acceptors (Lipinski definition) is 4. The Morgan fingerprint density at radius 2 is 1.95 bits per heavy atom. The first kappa shape index (κ1) is 14.8. The summed E-state index contributed by atoms with van der Waals surface area (Å²) in [6.07, 6.45) is -0.106. The van der Waals surface area contributed by atoms with E-state index in [1.165, 1.54) is 0 Å². The highest BCUT2D eigenvalue weighted by molar-refractivity contribution is 6.30. The number of nitrogens with zero attached hydrogens (tertiary/aromatic N) is 1. The summed E-state index contributed by atoms with van der Waals surface area (Å²) in [5.74, 6) is -2.24. The van der Waals surface area contributed by atoms with Crippen LogP contribution in [0.5, 0.6) is 0 Å². The summed E-state index contributed by atoms with van der Waals surface area (Å²) in [6, 6.07) is 6.06. The van der Waals surface area contributed by atoms with Gasteiger partial charge in [-0.25, -0.2) is 0 Å². The van der Waals surface area contributed by atoms with Crippen LogP contribution in [0.4, 0.5) is 0 Å². The number of hydrogen-bond donors (Lipinski definition) is 3. The van der Waals surface area contributed by atoms with Crippen LogP contribution in [0.3, 0.4) is 0 Å². The fourth-order valence-electron chi connectivity index (χ4n) is 2.40. The predicted octanol–water partition coefficient (Wildman–Crippen LogP) is 0.781. The van der Waals surface area contributed by atoms with E-state index in [1.54, 1.807) is 29.2 Å². The van der Waals surface area contributed by atoms with Gasteiger partial charge in [0, 0.05) is 24.5 Å². The Hall–Kier alpha value is -1.63. The summed E-state index contributed by atoms with van der Waals surface area (Å²) >= 11 is 5.79. The second-order valence-corrected chi connectivity index (χ2v) is 5.49. The van der Waals surface area contributed by atoms with E-state index in [0.717, 1.165) is 5.56 Å². The van der Waals surface area contributed by atoms with Crippen LogP contribution in [0, 0.1) is 0 Å². The zero-order valence-corrected chi connectivity index (χ0v) is 11.4. The smallest absolute Gasteiger partial charge is 0.325 e. The second-order valence-electron chi connectivity index (χ2n) is 5.05. The average molecular weight is 299 g/mol. The minimum absolute atomic E-state index is 0.00191. The van der Waals surface area contributed by atoms with Crippen LogP contribution in [0.2, 0.25) is 5.02 Å². The Labute approximate surface area is 120 Å². The maximum absolute atomic E-state index is 11.3. The van der Waals surface area contributed by atoms with E-state index in [-0.39, 0.29) is 13.0 Å². The molecule has 2 rings (SSSR count). The van der Waals surface area contributed by atoms with Crippen molar-refractivity contribution in [3.63, 3.8) is 0 Å². The van der Waals surface area contributed by atoms with Gasteiger partial charge >= 0.3 is 11.9 Å². The van der Waals surface area contributed by atoms with Crippen molar-refractivity contribution in [1.82, 2.24) is 4.90 Å². The van der Waals surface area contributed by atoms with Crippen LogP contribution in [0.1, 0.15) is 12.0 Å². The monoisotopic (exact) mass is 298 g/mol. The Balaban J connectivity index is 2.18. The normalized spacial score (nSPS) is 26.6. The molecule has 1 aliphatic rings. The van der Waals surface area contributed by atoms with E-state index in [1.807, 2.05) is 0 Å². The molecule has 20 heavy (non-hydrogen) atoms. The first-order valence-electron chi connectivity index (χ1n) is 6.05. The molecule has 6 nitrogen and oxygen atoms in total. The fourth-order valence-corrected chi connectivity index (χ4v) is 2.53. The third-order valence-corrected chi connectivity index (χ3v) is 3.75. The van der Waals surface area contributed by atoms with Crippen molar-refractivity contribution in [2.24, 2.45) is 5.73 Å². The minimum atomic E-state index is -1.52. The largest absolute Gasteiger partial charge is 0.480 e. The van der Waals surface area contributed by atoms with Crippen molar-refractivity contribution in [3.05, 3.63) is 34.9 Å². The molecule has 1 aliphatic heterocycles. The molecule has 1 fully saturated rings. The van der Waals surface area contributed by atoms with Gasteiger partial charge in [-0.1, -0.05) is 23.7 Å². The van der Waals surface area contributed by atoms with Gasteiger partial charge in [-0.15, -0.1) is 0 Å². The van der Waals surface area contributed by atoms with Crippen molar-refractivity contribution in [2.45, 2.75) is 24.5 Å². The number of aliphatic carboxylic acids is 2. The van der Waals surface area contributed by atoms with Crippen molar-refractivity contribution in [2.75, 3.05) is 6.54 Å². The summed E-state index contributed by atoms with van der Waals surface area (Å²) < 4.78 is 0. The van der Waals surface area contributed by atoms with Crippen LogP contribution in [0.15, 0.2) is 24.3 Å². The van der Waals surface area contributed by atoms with E-state index in [4.69, 9.17) is 22.4 Å². The van der Waals surface area contributed by atoms with E-state index < -0.39 is 23.5 Å². The molecule has 0 amide bonds. The van der Waals surface area contributed by atoms with Crippen molar-refractivity contribution in [1.29, 1.82) is 0 Å². The third-order valence-electron chi connectivity index (χ3n) is 3.49. The maximum Gasteiger partial charge on any atom is 0.325 e. The minimum Gasteiger partial charge on any atom is -0.480 e. The lowest BCUT2D eigenvalue weighted by Crippen LogP contribution is -2.50. The number of benzene rings is 1. The first-order valence-corrected chi connectivity index (χ1v) is 6.43. The number of nitrogens with two attached hydrogens (primary N) is 1. The predicted molar refractivity (Wildman–Crippen MR) is 72.5 cm³/mol. The van der Waals surface area contributed by atoms with Gasteiger partial charge in [-0.3, -0.25) is 14.5 Å². The first-order chi connectivity index (χ1) is 9.32. The van der Waals surface area contributed by atoms with Gasteiger partial charge in [-0.2, -0.15) is 0 Å². The molecule has 1 aromatic rings. The van der Waals surface area contributed by atoms with Gasteiger partial charge in [0.2, 0.25) is 0 Å². The van der Waals surface area contributed by atoms with Gasteiger partial charge in [0.15, 0.2) is 0 Å². The Morgan fingerprint density at radius 3 is 2.45 bits per heavy atom. The van der Waals surface area contributed by atoms with Crippen LogP contribution in [-0.4, -0.2) is 45.2 Å². The van der Waals surface area contributed by atoms with Crippen molar-refractivity contribution >= 4 is 23.5 Å². The fraction of sp³-hybridized carbons (Fsp3) is 0.385. The molecule has 1 saturated heterocycles. The third kappa shape index (κ3) is 2.92. The molecular formula is C13H15ClN2O4. The molecule has 2 atom stereocenters. The molecule has 1 aromatic carbocycles. The SMILES string of the molecule is N[C@]1(C(=O)O)C[C@H](C(=O)O)N(Cc2ccc(Cl)cc2)C1. The van der Waals surface area contributed by atoms with E-state index in [0.29, 0.717) is 11.6 Å². The highest BCUT2D eigenvalue weighted by atomic mass is 35.5. The number of carboxylic acid groups (broad SMARTS) is 2. The van der Waals surface area contributed by atoms with E-state index in [9.17, 15) is 14.7 Å². The van der Waals surface area contributed by atoms with Crippen LogP contribution in [-0.2, 0) is 16.1 Å². The zero-order valence-electron chi connectivity index (χ0n) is 10.6. The summed E-state index contributed by atoms with van der Waals surface area (Å²) in [7, 11) is 0. The molecule has 0 radical (unpaired) electrons. The molecule has 4 N–H and O–H groups in total. The lowest BCUT2D eigenvalue weighted by molar-refractivity contribution is -0.142. The van der Waals surface area contributed by atoms with Gasteiger partial charge in [0.05, 0.1) is 0 Å². The van der Waals surface area contributed by atoms with Gasteiger partial charge in [-0.05, 0) is 17.7 Å². The van der Waals surface area contributed by atoms with Gasteiger partial charge in [0.25, 0.3) is 0 Å². The molecule has 0 spiro atoms. The van der Waals surface area contributed by atoms with Crippen molar-refractivity contribution < 1.29 is 19.8 Å². The van der Waals surface area contributed by atoms with Gasteiger partial charge in [0.1, 0.15) is 11.6 Å². The Kier molecular flexibility index (Phi) is 3.99.